The molecule has 0 aliphatic carbocycles. The number of carbonyl (C=O) groups excluding carboxylic acids is 2. The Hall–Kier alpha value is -2.77. The Bertz CT molecular complexity index is 923. The Morgan fingerprint density at radius 2 is 1.69 bits per heavy atom. The van der Waals surface area contributed by atoms with Crippen molar-refractivity contribution >= 4 is 40.4 Å². The zero-order chi connectivity index (χ0) is 18.5. The van der Waals surface area contributed by atoms with Crippen molar-refractivity contribution in [2.24, 2.45) is 0 Å². The van der Waals surface area contributed by atoms with Gasteiger partial charge in [-0.05, 0) is 48.9 Å². The molecular formula is C18H15ClN4O2S. The van der Waals surface area contributed by atoms with Crippen LogP contribution in [-0.2, 0) is 6.54 Å². The maximum atomic E-state index is 12.2. The van der Waals surface area contributed by atoms with Crippen LogP contribution in [0.3, 0.4) is 0 Å². The predicted molar refractivity (Wildman–Crippen MR) is 102 cm³/mol. The van der Waals surface area contributed by atoms with Crippen LogP contribution in [0.15, 0.2) is 48.5 Å². The number of carbonyl (C=O) groups is 2. The number of halogens is 1. The molecule has 2 aromatic carbocycles. The number of amides is 2. The van der Waals surface area contributed by atoms with Crippen LogP contribution in [0.5, 0.6) is 0 Å². The van der Waals surface area contributed by atoms with Crippen LogP contribution in [0.2, 0.25) is 5.02 Å². The first-order valence-corrected chi connectivity index (χ1v) is 8.95. The van der Waals surface area contributed by atoms with E-state index in [4.69, 9.17) is 11.6 Å². The zero-order valence-electron chi connectivity index (χ0n) is 13.8. The van der Waals surface area contributed by atoms with Gasteiger partial charge in [-0.15, -0.1) is 10.2 Å². The molecule has 0 aliphatic rings. The molecule has 0 atom stereocenters. The van der Waals surface area contributed by atoms with E-state index in [0.717, 1.165) is 10.6 Å². The zero-order valence-corrected chi connectivity index (χ0v) is 15.4. The number of aromatic nitrogens is 2. The van der Waals surface area contributed by atoms with Gasteiger partial charge < -0.3 is 10.6 Å². The van der Waals surface area contributed by atoms with Gasteiger partial charge in [-0.3, -0.25) is 9.59 Å². The highest BCUT2D eigenvalue weighted by molar-refractivity contribution is 7.13. The highest BCUT2D eigenvalue weighted by Crippen LogP contribution is 2.14. The highest BCUT2D eigenvalue weighted by Gasteiger charge is 2.12. The van der Waals surface area contributed by atoms with Crippen LogP contribution < -0.4 is 10.6 Å². The van der Waals surface area contributed by atoms with Crippen molar-refractivity contribution in [3.63, 3.8) is 0 Å². The molecule has 0 radical (unpaired) electrons. The van der Waals surface area contributed by atoms with E-state index in [2.05, 4.69) is 20.8 Å². The molecule has 0 saturated heterocycles. The predicted octanol–water partition coefficient (Wildman–Crippen LogP) is 3.68. The Morgan fingerprint density at radius 1 is 1.00 bits per heavy atom. The molecular weight excluding hydrogens is 372 g/mol. The molecule has 0 bridgehead atoms. The number of nitrogens with zero attached hydrogens (tertiary/aromatic N) is 2. The molecule has 0 spiro atoms. The van der Waals surface area contributed by atoms with Crippen molar-refractivity contribution in [2.75, 3.05) is 5.32 Å². The van der Waals surface area contributed by atoms with Gasteiger partial charge in [-0.2, -0.15) is 0 Å². The minimum atomic E-state index is -0.324. The minimum absolute atomic E-state index is 0.197. The summed E-state index contributed by atoms with van der Waals surface area (Å²) in [6.45, 7) is 2.19. The summed E-state index contributed by atoms with van der Waals surface area (Å²) in [5.74, 6) is -0.520. The Kier molecular flexibility index (Phi) is 5.60. The third-order valence-electron chi connectivity index (χ3n) is 3.49. The van der Waals surface area contributed by atoms with Crippen LogP contribution in [-0.4, -0.2) is 22.0 Å². The van der Waals surface area contributed by atoms with Crippen molar-refractivity contribution in [3.05, 3.63) is 74.7 Å². The van der Waals surface area contributed by atoms with Crippen molar-refractivity contribution < 1.29 is 9.59 Å². The fourth-order valence-electron chi connectivity index (χ4n) is 2.16. The topological polar surface area (TPSA) is 84.0 Å². The van der Waals surface area contributed by atoms with Gasteiger partial charge in [0, 0.05) is 22.8 Å². The van der Waals surface area contributed by atoms with Crippen LogP contribution >= 0.6 is 22.9 Å². The molecule has 1 heterocycles. The quantitative estimate of drug-likeness (QED) is 0.700. The van der Waals surface area contributed by atoms with Crippen molar-refractivity contribution in [1.29, 1.82) is 0 Å². The molecule has 0 saturated carbocycles. The fraction of sp³-hybridized carbons (Fsp3) is 0.111. The Labute approximate surface area is 159 Å². The second kappa shape index (κ2) is 8.07. The second-order valence-electron chi connectivity index (χ2n) is 5.47. The third-order valence-corrected chi connectivity index (χ3v) is 4.58. The van der Waals surface area contributed by atoms with Gasteiger partial charge in [-0.1, -0.05) is 35.1 Å². The van der Waals surface area contributed by atoms with E-state index in [0.29, 0.717) is 27.8 Å². The van der Waals surface area contributed by atoms with E-state index in [-0.39, 0.29) is 11.8 Å². The number of benzene rings is 2. The van der Waals surface area contributed by atoms with Crippen molar-refractivity contribution in [3.8, 4) is 0 Å². The summed E-state index contributed by atoms with van der Waals surface area (Å²) < 4.78 is 0. The average Bonchev–Trinajstić information content (AvgIpc) is 3.08. The Balaban J connectivity index is 1.57. The van der Waals surface area contributed by atoms with Gasteiger partial charge in [0.05, 0.1) is 0 Å². The monoisotopic (exact) mass is 386 g/mol. The summed E-state index contributed by atoms with van der Waals surface area (Å²) in [4.78, 5) is 24.2. The summed E-state index contributed by atoms with van der Waals surface area (Å²) in [5.41, 5.74) is 2.04. The lowest BCUT2D eigenvalue weighted by Crippen LogP contribution is -2.22. The molecule has 2 N–H and O–H groups in total. The second-order valence-corrected chi connectivity index (χ2v) is 7.08. The molecule has 0 fully saturated rings. The maximum absolute atomic E-state index is 12.2. The van der Waals surface area contributed by atoms with Crippen LogP contribution in [0.25, 0.3) is 0 Å². The van der Waals surface area contributed by atoms with Crippen LogP contribution in [0, 0.1) is 6.92 Å². The fourth-order valence-corrected chi connectivity index (χ4v) is 2.88. The largest absolute Gasteiger partial charge is 0.348 e. The van der Waals surface area contributed by atoms with Crippen LogP contribution in [0.1, 0.15) is 30.7 Å². The number of rotatable bonds is 5. The number of nitrogens with one attached hydrogen (secondary N) is 2. The summed E-state index contributed by atoms with van der Waals surface area (Å²) in [7, 11) is 0. The van der Waals surface area contributed by atoms with E-state index >= 15 is 0 Å². The van der Waals surface area contributed by atoms with Gasteiger partial charge >= 0.3 is 0 Å². The van der Waals surface area contributed by atoms with Gasteiger partial charge in [0.1, 0.15) is 5.01 Å². The lowest BCUT2D eigenvalue weighted by molar-refractivity contribution is 0.0950. The molecule has 132 valence electrons. The normalized spacial score (nSPS) is 10.4. The lowest BCUT2D eigenvalue weighted by Gasteiger charge is -2.07. The first kappa shape index (κ1) is 18.0. The van der Waals surface area contributed by atoms with Gasteiger partial charge in [-0.25, -0.2) is 0 Å². The van der Waals surface area contributed by atoms with Crippen molar-refractivity contribution in [1.82, 2.24) is 15.5 Å². The number of aryl methyl sites for hydroxylation is 1. The highest BCUT2D eigenvalue weighted by atomic mass is 35.5. The molecule has 2 amide bonds. The SMILES string of the molecule is Cc1nnc(C(=O)Nc2ccc(C(=O)NCc3ccc(Cl)cc3)cc2)s1. The Morgan fingerprint density at radius 3 is 2.31 bits per heavy atom. The van der Waals surface area contributed by atoms with E-state index in [1.807, 2.05) is 12.1 Å². The smallest absolute Gasteiger partial charge is 0.286 e. The first-order chi connectivity index (χ1) is 12.5. The van der Waals surface area contributed by atoms with Gasteiger partial charge in [0.15, 0.2) is 0 Å². The van der Waals surface area contributed by atoms with Crippen LogP contribution in [0.4, 0.5) is 5.69 Å². The molecule has 3 aromatic rings. The number of hydrogen-bond acceptors (Lipinski definition) is 5. The van der Waals surface area contributed by atoms with Gasteiger partial charge in [0.2, 0.25) is 5.01 Å². The molecule has 8 heteroatoms. The first-order valence-electron chi connectivity index (χ1n) is 7.75. The maximum Gasteiger partial charge on any atom is 0.286 e. The van der Waals surface area contributed by atoms with Gasteiger partial charge in [0.25, 0.3) is 11.8 Å². The summed E-state index contributed by atoms with van der Waals surface area (Å²) in [6.07, 6.45) is 0. The standard InChI is InChI=1S/C18H15ClN4O2S/c1-11-22-23-18(26-11)17(25)21-15-8-4-13(5-9-15)16(24)20-10-12-2-6-14(19)7-3-12/h2-9H,10H2,1H3,(H,20,24)(H,21,25). The van der Waals surface area contributed by atoms with Crippen molar-refractivity contribution in [2.45, 2.75) is 13.5 Å². The lowest BCUT2D eigenvalue weighted by atomic mass is 10.1. The van der Waals surface area contributed by atoms with E-state index < -0.39 is 0 Å². The minimum Gasteiger partial charge on any atom is -0.348 e. The average molecular weight is 387 g/mol. The number of anilines is 1. The molecule has 6 nitrogen and oxygen atoms in total. The van der Waals surface area contributed by atoms with E-state index in [1.54, 1.807) is 43.3 Å². The summed E-state index contributed by atoms with van der Waals surface area (Å²) >= 11 is 7.06. The molecule has 1 aromatic heterocycles. The molecule has 26 heavy (non-hydrogen) atoms. The third kappa shape index (κ3) is 4.65. The van der Waals surface area contributed by atoms with E-state index in [9.17, 15) is 9.59 Å². The molecule has 3 rings (SSSR count). The number of hydrogen-bond donors (Lipinski definition) is 2. The summed E-state index contributed by atoms with van der Waals surface area (Å²) in [5, 5.41) is 14.9. The molecule has 0 aliphatic heterocycles. The summed E-state index contributed by atoms with van der Waals surface area (Å²) in [6, 6.07) is 13.9. The van der Waals surface area contributed by atoms with E-state index in [1.165, 1.54) is 11.3 Å². The molecule has 0 unspecified atom stereocenters.